The first-order valence-corrected chi connectivity index (χ1v) is 8.80. The number of ketones is 1. The third-order valence-corrected chi connectivity index (χ3v) is 6.78. The standard InChI is InChI=1S/C10H14Br4O/c11-7(6-4-2-1-3-5-6)8(12)9(15)10(13)14/h6-8,10H,1-5H2. The van der Waals surface area contributed by atoms with Crippen LogP contribution in [0.3, 0.4) is 0 Å². The minimum atomic E-state index is -0.252. The second-order valence-corrected chi connectivity index (χ2v) is 9.05. The quantitative estimate of drug-likeness (QED) is 0.542. The number of hydrogen-bond donors (Lipinski definition) is 0. The number of alkyl halides is 4. The summed E-state index contributed by atoms with van der Waals surface area (Å²) >= 11 is 13.7. The summed E-state index contributed by atoms with van der Waals surface area (Å²) in [7, 11) is 0. The zero-order chi connectivity index (χ0) is 11.4. The zero-order valence-electron chi connectivity index (χ0n) is 8.27. The first-order chi connectivity index (χ1) is 7.04. The molecule has 5 heteroatoms. The van der Waals surface area contributed by atoms with Gasteiger partial charge in [-0.1, -0.05) is 83.0 Å². The number of Topliss-reactive ketones (excluding diaryl/α,β-unsaturated/α-hetero) is 1. The molecule has 1 rings (SSSR count). The molecule has 88 valence electrons. The number of hydrogen-bond acceptors (Lipinski definition) is 1. The Morgan fingerprint density at radius 3 is 2.00 bits per heavy atom. The van der Waals surface area contributed by atoms with Crippen molar-refractivity contribution in [3.05, 3.63) is 0 Å². The van der Waals surface area contributed by atoms with Gasteiger partial charge in [0, 0.05) is 4.83 Å². The first-order valence-electron chi connectivity index (χ1n) is 5.14. The van der Waals surface area contributed by atoms with Crippen molar-refractivity contribution in [3.8, 4) is 0 Å². The normalized spacial score (nSPS) is 22.7. The Morgan fingerprint density at radius 1 is 1.00 bits per heavy atom. The van der Waals surface area contributed by atoms with Crippen LogP contribution in [0.2, 0.25) is 0 Å². The summed E-state index contributed by atoms with van der Waals surface area (Å²) < 4.78 is -0.252. The molecule has 0 spiro atoms. The van der Waals surface area contributed by atoms with Gasteiger partial charge in [0.25, 0.3) is 0 Å². The molecular formula is C10H14Br4O. The van der Waals surface area contributed by atoms with Crippen molar-refractivity contribution >= 4 is 69.5 Å². The molecule has 0 aromatic heterocycles. The van der Waals surface area contributed by atoms with Crippen LogP contribution in [-0.2, 0) is 4.79 Å². The highest BCUT2D eigenvalue weighted by Gasteiger charge is 2.33. The minimum absolute atomic E-state index is 0.107. The fourth-order valence-electron chi connectivity index (χ4n) is 1.97. The van der Waals surface area contributed by atoms with Gasteiger partial charge >= 0.3 is 0 Å². The molecule has 0 radical (unpaired) electrons. The van der Waals surface area contributed by atoms with Crippen LogP contribution in [0.4, 0.5) is 0 Å². The van der Waals surface area contributed by atoms with Gasteiger partial charge in [0.15, 0.2) is 5.78 Å². The van der Waals surface area contributed by atoms with E-state index in [4.69, 9.17) is 0 Å². The monoisotopic (exact) mass is 466 g/mol. The molecule has 0 aromatic rings. The molecule has 1 nitrogen and oxygen atoms in total. The Bertz CT molecular complexity index is 213. The highest BCUT2D eigenvalue weighted by Crippen LogP contribution is 2.35. The predicted octanol–water partition coefficient (Wildman–Crippen LogP) is 4.78. The van der Waals surface area contributed by atoms with Gasteiger partial charge in [0.05, 0.1) is 4.83 Å². The van der Waals surface area contributed by atoms with E-state index in [1.165, 1.54) is 32.1 Å². The van der Waals surface area contributed by atoms with Crippen LogP contribution in [0.25, 0.3) is 0 Å². The maximum atomic E-state index is 11.8. The summed E-state index contributed by atoms with van der Waals surface area (Å²) in [4.78, 5) is 11.9. The first kappa shape index (κ1) is 14.7. The summed E-state index contributed by atoms with van der Waals surface area (Å²) in [6.45, 7) is 0. The fraction of sp³-hybridized carbons (Fsp3) is 0.900. The van der Waals surface area contributed by atoms with E-state index in [2.05, 4.69) is 63.7 Å². The van der Waals surface area contributed by atoms with Crippen molar-refractivity contribution in [2.24, 2.45) is 5.92 Å². The van der Waals surface area contributed by atoms with Crippen LogP contribution in [-0.4, -0.2) is 19.2 Å². The summed E-state index contributed by atoms with van der Waals surface area (Å²) in [6, 6.07) is 0. The molecule has 2 unspecified atom stereocenters. The van der Waals surface area contributed by atoms with Crippen LogP contribution < -0.4 is 0 Å². The summed E-state index contributed by atoms with van der Waals surface area (Å²) in [5, 5.41) is 0. The van der Waals surface area contributed by atoms with Gasteiger partial charge in [0.2, 0.25) is 0 Å². The van der Waals surface area contributed by atoms with Crippen molar-refractivity contribution in [2.75, 3.05) is 0 Å². The number of carbonyl (C=O) groups is 1. The lowest BCUT2D eigenvalue weighted by atomic mass is 9.85. The average molecular weight is 470 g/mol. The van der Waals surface area contributed by atoms with E-state index in [9.17, 15) is 4.79 Å². The molecule has 0 saturated heterocycles. The van der Waals surface area contributed by atoms with E-state index in [-0.39, 0.29) is 19.2 Å². The lowest BCUT2D eigenvalue weighted by Gasteiger charge is -2.29. The Hall–Kier alpha value is 1.59. The highest BCUT2D eigenvalue weighted by atomic mass is 79.9. The molecule has 1 aliphatic rings. The maximum Gasteiger partial charge on any atom is 0.171 e. The topological polar surface area (TPSA) is 17.1 Å². The van der Waals surface area contributed by atoms with E-state index >= 15 is 0 Å². The Balaban J connectivity index is 2.50. The van der Waals surface area contributed by atoms with Crippen molar-refractivity contribution in [1.29, 1.82) is 0 Å². The number of rotatable bonds is 4. The molecule has 0 amide bonds. The van der Waals surface area contributed by atoms with E-state index in [0.29, 0.717) is 5.92 Å². The Labute approximate surface area is 125 Å². The molecule has 0 bridgehead atoms. The molecule has 0 heterocycles. The van der Waals surface area contributed by atoms with Crippen molar-refractivity contribution in [3.63, 3.8) is 0 Å². The van der Waals surface area contributed by atoms with Gasteiger partial charge < -0.3 is 0 Å². The fourth-order valence-corrected chi connectivity index (χ4v) is 4.73. The van der Waals surface area contributed by atoms with Gasteiger partial charge in [-0.3, -0.25) is 4.79 Å². The van der Waals surface area contributed by atoms with Gasteiger partial charge in [-0.2, -0.15) is 0 Å². The predicted molar refractivity (Wildman–Crippen MR) is 78.7 cm³/mol. The zero-order valence-corrected chi connectivity index (χ0v) is 14.6. The van der Waals surface area contributed by atoms with Crippen LogP contribution in [0.5, 0.6) is 0 Å². The maximum absolute atomic E-state index is 11.8. The van der Waals surface area contributed by atoms with Crippen molar-refractivity contribution < 1.29 is 4.79 Å². The molecular weight excluding hydrogens is 456 g/mol. The molecule has 0 N–H and O–H groups in total. The second-order valence-electron chi connectivity index (χ2n) is 3.95. The van der Waals surface area contributed by atoms with Gasteiger partial charge in [-0.15, -0.1) is 0 Å². The van der Waals surface area contributed by atoms with Gasteiger partial charge in [-0.05, 0) is 18.8 Å². The largest absolute Gasteiger partial charge is 0.296 e. The minimum Gasteiger partial charge on any atom is -0.296 e. The van der Waals surface area contributed by atoms with Crippen LogP contribution in [0.1, 0.15) is 32.1 Å². The average Bonchev–Trinajstić information content (AvgIpc) is 2.27. The van der Waals surface area contributed by atoms with Crippen LogP contribution in [0, 0.1) is 5.92 Å². The molecule has 0 aromatic carbocycles. The number of carbonyl (C=O) groups excluding carboxylic acids is 1. The van der Waals surface area contributed by atoms with E-state index in [0.717, 1.165) is 0 Å². The van der Waals surface area contributed by atoms with Gasteiger partial charge in [0.1, 0.15) is 3.74 Å². The van der Waals surface area contributed by atoms with E-state index < -0.39 is 0 Å². The third-order valence-electron chi connectivity index (χ3n) is 2.87. The third kappa shape index (κ3) is 4.40. The molecule has 1 aliphatic carbocycles. The second kappa shape index (κ2) is 7.12. The SMILES string of the molecule is O=C(C(Br)Br)C(Br)C(Br)C1CCCCC1. The summed E-state index contributed by atoms with van der Waals surface area (Å²) in [5.41, 5.74) is 0. The van der Waals surface area contributed by atoms with Crippen molar-refractivity contribution in [1.82, 2.24) is 0 Å². The highest BCUT2D eigenvalue weighted by molar-refractivity contribution is 9.25. The molecule has 1 fully saturated rings. The summed E-state index contributed by atoms with van der Waals surface area (Å²) in [5.74, 6) is 0.785. The Kier molecular flexibility index (Phi) is 6.95. The lowest BCUT2D eigenvalue weighted by Crippen LogP contribution is -2.34. The Morgan fingerprint density at radius 2 is 1.53 bits per heavy atom. The smallest absolute Gasteiger partial charge is 0.171 e. The van der Waals surface area contributed by atoms with Crippen molar-refractivity contribution in [2.45, 2.75) is 45.5 Å². The molecule has 1 saturated carbocycles. The van der Waals surface area contributed by atoms with Crippen LogP contribution >= 0.6 is 63.7 Å². The lowest BCUT2D eigenvalue weighted by molar-refractivity contribution is -0.116. The molecule has 0 aliphatic heterocycles. The van der Waals surface area contributed by atoms with Crippen LogP contribution in [0.15, 0.2) is 0 Å². The van der Waals surface area contributed by atoms with E-state index in [1.807, 2.05) is 0 Å². The summed E-state index contributed by atoms with van der Waals surface area (Å²) in [6.07, 6.45) is 6.41. The number of halogens is 4. The van der Waals surface area contributed by atoms with Gasteiger partial charge in [-0.25, -0.2) is 0 Å². The molecule has 15 heavy (non-hydrogen) atoms. The van der Waals surface area contributed by atoms with E-state index in [1.54, 1.807) is 0 Å². The molecule has 2 atom stereocenters.